The number of benzene rings is 2. The van der Waals surface area contributed by atoms with Crippen molar-refractivity contribution < 1.29 is 13.0 Å². The molecular formula is C18H18O2. The highest BCUT2D eigenvalue weighted by molar-refractivity contribution is 6.04. The quantitative estimate of drug-likeness (QED) is 0.798. The minimum absolute atomic E-state index is 0.156. The van der Waals surface area contributed by atoms with Crippen LogP contribution >= 0.6 is 0 Å². The summed E-state index contributed by atoms with van der Waals surface area (Å²) in [5.74, 6) is 0.312. The second-order valence-electron chi connectivity index (χ2n) is 4.34. The number of hydrogen-bond donors (Lipinski definition) is 2. The van der Waals surface area contributed by atoms with Crippen LogP contribution in [0.2, 0.25) is 0 Å². The number of rotatable bonds is 3. The Hall–Kier alpha value is -2.48. The van der Waals surface area contributed by atoms with Gasteiger partial charge < -0.3 is 10.2 Å². The number of allylic oxidation sites excluding steroid dienone is 4. The molecule has 0 spiro atoms. The molecule has 0 radical (unpaired) electrons. The minimum Gasteiger partial charge on any atom is -0.508 e. The maximum Gasteiger partial charge on any atom is 0.115 e. The summed E-state index contributed by atoms with van der Waals surface area (Å²) in [5, 5.41) is 18.9. The second kappa shape index (κ2) is 6.11. The van der Waals surface area contributed by atoms with E-state index < -0.39 is 0 Å². The Morgan fingerprint density at radius 1 is 0.750 bits per heavy atom. The van der Waals surface area contributed by atoms with Crippen LogP contribution in [0, 0.1) is 0 Å². The number of hydrogen-bond acceptors (Lipinski definition) is 2. The molecule has 2 aromatic carbocycles. The molecule has 2 heteroatoms. The molecule has 2 aromatic rings. The lowest BCUT2D eigenvalue weighted by Crippen LogP contribution is -1.90. The van der Waals surface area contributed by atoms with Crippen LogP contribution in [-0.4, -0.2) is 10.2 Å². The molecule has 0 fully saturated rings. The van der Waals surface area contributed by atoms with Crippen molar-refractivity contribution in [3.05, 3.63) is 71.8 Å². The van der Waals surface area contributed by atoms with Crippen LogP contribution in [0.5, 0.6) is 11.5 Å². The second-order valence-corrected chi connectivity index (χ2v) is 4.34. The molecule has 0 saturated carbocycles. The highest BCUT2D eigenvalue weighted by Crippen LogP contribution is 2.32. The molecular weight excluding hydrogens is 248 g/mol. The summed E-state index contributed by atoms with van der Waals surface area (Å²) in [5.41, 5.74) is 2.80. The molecule has 102 valence electrons. The Bertz CT molecular complexity index is 653. The highest BCUT2D eigenvalue weighted by Gasteiger charge is 2.09. The standard InChI is InChI=1S/C18H18O2/c1-3-17(13-5-9-15(19)10-6-13)18(4-2)14-7-11-16(20)12-8-14/h3-12,19-20H,1-2H3/b17-3-,18-4+/i3D,4D. The van der Waals surface area contributed by atoms with Crippen LogP contribution in [0.25, 0.3) is 11.1 Å². The van der Waals surface area contributed by atoms with Crippen molar-refractivity contribution in [1.82, 2.24) is 0 Å². The maximum absolute atomic E-state index is 9.43. The van der Waals surface area contributed by atoms with E-state index in [9.17, 15) is 10.2 Å². The van der Waals surface area contributed by atoms with E-state index in [2.05, 4.69) is 0 Å². The van der Waals surface area contributed by atoms with Gasteiger partial charge in [-0.05, 0) is 60.4 Å². The zero-order valence-corrected chi connectivity index (χ0v) is 11.5. The fraction of sp³-hybridized carbons (Fsp3) is 0.111. The lowest BCUT2D eigenvalue weighted by Gasteiger charge is -2.13. The van der Waals surface area contributed by atoms with Gasteiger partial charge in [0.25, 0.3) is 0 Å². The summed E-state index contributed by atoms with van der Waals surface area (Å²) in [6.07, 6.45) is 0. The zero-order chi connectivity index (χ0) is 16.3. The van der Waals surface area contributed by atoms with Crippen LogP contribution in [0.3, 0.4) is 0 Å². The van der Waals surface area contributed by atoms with E-state index >= 15 is 0 Å². The molecule has 0 atom stereocenters. The largest absolute Gasteiger partial charge is 0.508 e. The zero-order valence-electron chi connectivity index (χ0n) is 13.5. The third-order valence-corrected chi connectivity index (χ3v) is 3.06. The fourth-order valence-electron chi connectivity index (χ4n) is 2.08. The van der Waals surface area contributed by atoms with Crippen LogP contribution in [0.1, 0.15) is 27.7 Å². The van der Waals surface area contributed by atoms with Gasteiger partial charge >= 0.3 is 0 Å². The van der Waals surface area contributed by atoms with Gasteiger partial charge in [-0.25, -0.2) is 0 Å². The molecule has 0 aliphatic carbocycles. The summed E-state index contributed by atoms with van der Waals surface area (Å²) in [4.78, 5) is 0. The van der Waals surface area contributed by atoms with E-state index in [4.69, 9.17) is 2.74 Å². The van der Waals surface area contributed by atoms with Gasteiger partial charge in [0.1, 0.15) is 11.5 Å². The van der Waals surface area contributed by atoms with Gasteiger partial charge in [-0.1, -0.05) is 36.4 Å². The van der Waals surface area contributed by atoms with Crippen molar-refractivity contribution in [2.24, 2.45) is 0 Å². The number of phenols is 2. The van der Waals surface area contributed by atoms with Gasteiger partial charge in [0.05, 0.1) is 2.74 Å². The first kappa shape index (κ1) is 11.4. The lowest BCUT2D eigenvalue weighted by atomic mass is 9.92. The smallest absolute Gasteiger partial charge is 0.115 e. The molecule has 0 heterocycles. The van der Waals surface area contributed by atoms with E-state index in [1.807, 2.05) is 0 Å². The average molecular weight is 268 g/mol. The van der Waals surface area contributed by atoms with Crippen molar-refractivity contribution in [1.29, 1.82) is 0 Å². The average Bonchev–Trinajstić information content (AvgIpc) is 2.46. The predicted molar refractivity (Wildman–Crippen MR) is 83.5 cm³/mol. The SMILES string of the molecule is [2H]/C(C)=C(/C(=C(\[2H])C)c1ccc(O)cc1)c1ccc(O)cc1. The molecule has 2 nitrogen and oxygen atoms in total. The molecule has 2 rings (SSSR count). The maximum atomic E-state index is 9.43. The molecule has 2 N–H and O–H groups in total. The Labute approximate surface area is 122 Å². The van der Waals surface area contributed by atoms with Crippen LogP contribution in [0.4, 0.5) is 0 Å². The van der Waals surface area contributed by atoms with Gasteiger partial charge in [0.15, 0.2) is 0 Å². The molecule has 0 aliphatic heterocycles. The summed E-state index contributed by atoms with van der Waals surface area (Å²) in [6.45, 7) is 3.34. The van der Waals surface area contributed by atoms with Gasteiger partial charge in [-0.15, -0.1) is 0 Å². The van der Waals surface area contributed by atoms with E-state index in [1.165, 1.54) is 0 Å². The monoisotopic (exact) mass is 268 g/mol. The summed E-state index contributed by atoms with van der Waals surface area (Å²) < 4.78 is 16.2. The molecule has 0 amide bonds. The Morgan fingerprint density at radius 2 is 1.05 bits per heavy atom. The van der Waals surface area contributed by atoms with Gasteiger partial charge in [0, 0.05) is 0 Å². The van der Waals surface area contributed by atoms with Crippen LogP contribution < -0.4 is 0 Å². The van der Waals surface area contributed by atoms with Gasteiger partial charge in [-0.2, -0.15) is 0 Å². The normalized spacial score (nSPS) is 14.9. The molecule has 0 aliphatic rings. The van der Waals surface area contributed by atoms with Crippen molar-refractivity contribution in [3.63, 3.8) is 0 Å². The van der Waals surface area contributed by atoms with E-state index in [-0.39, 0.29) is 11.5 Å². The first-order valence-electron chi connectivity index (χ1n) is 7.34. The molecule has 20 heavy (non-hydrogen) atoms. The van der Waals surface area contributed by atoms with Crippen molar-refractivity contribution in [2.45, 2.75) is 13.8 Å². The Balaban J connectivity index is 2.63. The van der Waals surface area contributed by atoms with E-state index in [0.29, 0.717) is 23.3 Å². The Kier molecular flexibility index (Phi) is 3.47. The molecule has 0 bridgehead atoms. The van der Waals surface area contributed by atoms with Crippen molar-refractivity contribution >= 4 is 11.1 Å². The van der Waals surface area contributed by atoms with E-state index in [0.717, 1.165) is 11.1 Å². The van der Waals surface area contributed by atoms with E-state index in [1.54, 1.807) is 62.4 Å². The summed E-state index contributed by atoms with van der Waals surface area (Å²) >= 11 is 0. The van der Waals surface area contributed by atoms with Gasteiger partial charge in [-0.3, -0.25) is 0 Å². The number of aromatic hydroxyl groups is 2. The van der Waals surface area contributed by atoms with Crippen LogP contribution in [-0.2, 0) is 0 Å². The first-order chi connectivity index (χ1) is 10.4. The highest BCUT2D eigenvalue weighted by atomic mass is 16.3. The fourth-order valence-corrected chi connectivity index (χ4v) is 2.08. The summed E-state index contributed by atoms with van der Waals surface area (Å²) in [7, 11) is 0. The van der Waals surface area contributed by atoms with Crippen molar-refractivity contribution in [2.75, 3.05) is 0 Å². The topological polar surface area (TPSA) is 40.5 Å². The molecule has 0 saturated heterocycles. The van der Waals surface area contributed by atoms with Crippen molar-refractivity contribution in [3.8, 4) is 11.5 Å². The third-order valence-electron chi connectivity index (χ3n) is 3.06. The molecule has 0 aromatic heterocycles. The lowest BCUT2D eigenvalue weighted by molar-refractivity contribution is 0.474. The summed E-state index contributed by atoms with van der Waals surface area (Å²) in [6, 6.07) is 13.8. The minimum atomic E-state index is 0.156. The van der Waals surface area contributed by atoms with Gasteiger partial charge in [0.2, 0.25) is 0 Å². The van der Waals surface area contributed by atoms with Crippen LogP contribution in [0.15, 0.2) is 60.6 Å². The first-order valence-corrected chi connectivity index (χ1v) is 6.34. The number of phenolic OH excluding ortho intramolecular Hbond substituents is 2. The Morgan fingerprint density at radius 3 is 1.30 bits per heavy atom. The predicted octanol–water partition coefficient (Wildman–Crippen LogP) is 4.60. The third kappa shape index (κ3) is 2.91. The molecule has 0 unspecified atom stereocenters.